The van der Waals surface area contributed by atoms with E-state index in [1.165, 1.54) is 0 Å². The summed E-state index contributed by atoms with van der Waals surface area (Å²) in [6, 6.07) is -0.542. The fourth-order valence-electron chi connectivity index (χ4n) is 0.905. The van der Waals surface area contributed by atoms with Gasteiger partial charge in [0.2, 0.25) is 0 Å². The second-order valence-corrected chi connectivity index (χ2v) is 2.53. The number of aliphatic hydroxyl groups excluding tert-OH is 1. The Morgan fingerprint density at radius 1 is 1.38 bits per heavy atom. The highest BCUT2D eigenvalue weighted by atomic mass is 16.4. The topological polar surface area (TPSA) is 133 Å². The van der Waals surface area contributed by atoms with Gasteiger partial charge in [-0.3, -0.25) is 4.79 Å². The first-order chi connectivity index (χ1) is 5.93. The molecule has 0 spiro atoms. The largest absolute Gasteiger partial charge is 0.480 e. The number of carboxylic acids is 1. The number of primary amides is 1. The number of β-amino-alcohol motifs (C(OH)–C–C–N with tert-alkyl or cyclic N) is 1. The Morgan fingerprint density at radius 3 is 2.00 bits per heavy atom. The van der Waals surface area contributed by atoms with Crippen molar-refractivity contribution < 1.29 is 24.9 Å². The molecule has 7 nitrogen and oxygen atoms in total. The van der Waals surface area contributed by atoms with Gasteiger partial charge in [0.05, 0.1) is 6.10 Å². The maximum atomic E-state index is 10.2. The van der Waals surface area contributed by atoms with E-state index in [1.807, 2.05) is 0 Å². The molecule has 0 aromatic rings. The van der Waals surface area contributed by atoms with E-state index in [9.17, 15) is 4.79 Å². The monoisotopic (exact) mass is 192 g/mol. The van der Waals surface area contributed by atoms with Crippen LogP contribution in [-0.2, 0) is 4.79 Å². The van der Waals surface area contributed by atoms with Crippen LogP contribution in [0, 0.1) is 0 Å². The molecule has 1 unspecified atom stereocenters. The molecule has 0 aliphatic carbocycles. The fourth-order valence-corrected chi connectivity index (χ4v) is 0.905. The van der Waals surface area contributed by atoms with Crippen LogP contribution in [-0.4, -0.2) is 46.1 Å². The molecule has 76 valence electrons. The van der Waals surface area contributed by atoms with E-state index < -0.39 is 24.2 Å². The van der Waals surface area contributed by atoms with Crippen LogP contribution in [0.25, 0.3) is 0 Å². The number of rotatable bonds is 1. The van der Waals surface area contributed by atoms with Gasteiger partial charge in [-0.1, -0.05) is 0 Å². The third-order valence-electron chi connectivity index (χ3n) is 1.41. The Labute approximate surface area is 74.2 Å². The minimum atomic E-state index is -1.33. The predicted molar refractivity (Wildman–Crippen MR) is 42.3 cm³/mol. The van der Waals surface area contributed by atoms with E-state index in [-0.39, 0.29) is 0 Å². The van der Waals surface area contributed by atoms with Crippen molar-refractivity contribution in [3.63, 3.8) is 0 Å². The molecule has 1 amide bonds. The number of aliphatic carboxylic acids is 1. The molecule has 6 N–H and O–H groups in total. The Bertz CT molecular complexity index is 191. The lowest BCUT2D eigenvalue weighted by molar-refractivity contribution is -0.139. The van der Waals surface area contributed by atoms with Crippen LogP contribution in [0.4, 0.5) is 4.79 Å². The molecule has 0 saturated carbocycles. The van der Waals surface area contributed by atoms with Crippen molar-refractivity contribution in [2.45, 2.75) is 18.6 Å². The third kappa shape index (κ3) is 5.88. The SMILES string of the molecule is NC(=O)O.O=C(O)[C@@H]1CC(O)CN1. The van der Waals surface area contributed by atoms with Gasteiger partial charge in [-0.05, 0) is 0 Å². The molecule has 0 radical (unpaired) electrons. The Kier molecular flexibility index (Phi) is 4.78. The average molecular weight is 192 g/mol. The lowest BCUT2D eigenvalue weighted by atomic mass is 10.2. The van der Waals surface area contributed by atoms with Crippen LogP contribution in [0.2, 0.25) is 0 Å². The summed E-state index contributed by atoms with van der Waals surface area (Å²) in [5.41, 5.74) is 4.03. The second kappa shape index (κ2) is 5.33. The second-order valence-electron chi connectivity index (χ2n) is 2.53. The van der Waals surface area contributed by atoms with Crippen molar-refractivity contribution in [1.82, 2.24) is 5.32 Å². The Hall–Kier alpha value is -1.34. The molecule has 1 saturated heterocycles. The van der Waals surface area contributed by atoms with Crippen LogP contribution in [0.15, 0.2) is 0 Å². The minimum Gasteiger partial charge on any atom is -0.480 e. The van der Waals surface area contributed by atoms with Gasteiger partial charge in [-0.15, -0.1) is 0 Å². The predicted octanol–water partition coefficient (Wildman–Crippen LogP) is -1.58. The van der Waals surface area contributed by atoms with Crippen molar-refractivity contribution in [2.75, 3.05) is 6.54 Å². The van der Waals surface area contributed by atoms with E-state index in [1.54, 1.807) is 0 Å². The summed E-state index contributed by atoms with van der Waals surface area (Å²) in [5.74, 6) is -0.883. The third-order valence-corrected chi connectivity index (χ3v) is 1.41. The Morgan fingerprint density at radius 2 is 1.85 bits per heavy atom. The van der Waals surface area contributed by atoms with Crippen molar-refractivity contribution in [3.8, 4) is 0 Å². The lowest BCUT2D eigenvalue weighted by Gasteiger charge is -1.99. The van der Waals surface area contributed by atoms with E-state index >= 15 is 0 Å². The first-order valence-electron chi connectivity index (χ1n) is 3.56. The summed E-state index contributed by atoms with van der Waals surface area (Å²) in [6.07, 6.45) is -1.49. The summed E-state index contributed by atoms with van der Waals surface area (Å²) in [5, 5.41) is 27.0. The van der Waals surface area contributed by atoms with Gasteiger partial charge >= 0.3 is 12.1 Å². The molecule has 7 heteroatoms. The molecular weight excluding hydrogens is 180 g/mol. The van der Waals surface area contributed by atoms with Gasteiger partial charge in [0.1, 0.15) is 6.04 Å². The molecule has 13 heavy (non-hydrogen) atoms. The number of carbonyl (C=O) groups is 2. The standard InChI is InChI=1S/C5H9NO3.CH3NO2/c7-3-1-4(5(8)9)6-2-3;2-1(3)4/h3-4,6-7H,1-2H2,(H,8,9);2H2,(H,3,4)/t3?,4-;/m0./s1. The zero-order chi connectivity index (χ0) is 10.4. The molecule has 1 rings (SSSR count). The number of hydrogen-bond acceptors (Lipinski definition) is 4. The molecular formula is C6H12N2O5. The maximum absolute atomic E-state index is 10.2. The first kappa shape index (κ1) is 11.7. The van der Waals surface area contributed by atoms with Crippen LogP contribution in [0.5, 0.6) is 0 Å². The summed E-state index contributed by atoms with van der Waals surface area (Å²) >= 11 is 0. The van der Waals surface area contributed by atoms with E-state index in [2.05, 4.69) is 11.1 Å². The van der Waals surface area contributed by atoms with Gasteiger partial charge in [0, 0.05) is 13.0 Å². The van der Waals surface area contributed by atoms with E-state index in [0.29, 0.717) is 13.0 Å². The normalized spacial score (nSPS) is 25.9. The first-order valence-corrected chi connectivity index (χ1v) is 3.56. The Balaban J connectivity index is 0.000000310. The molecule has 1 aliphatic heterocycles. The van der Waals surface area contributed by atoms with Crippen LogP contribution in [0.1, 0.15) is 6.42 Å². The minimum absolute atomic E-state index is 0.329. The molecule has 0 aromatic carbocycles. The van der Waals surface area contributed by atoms with Crippen LogP contribution >= 0.6 is 0 Å². The number of hydrogen-bond donors (Lipinski definition) is 5. The summed E-state index contributed by atoms with van der Waals surface area (Å²) in [4.78, 5) is 19.0. The van der Waals surface area contributed by atoms with Crippen molar-refractivity contribution in [2.24, 2.45) is 5.73 Å². The van der Waals surface area contributed by atoms with Gasteiger partial charge in [-0.25, -0.2) is 4.79 Å². The highest BCUT2D eigenvalue weighted by Gasteiger charge is 2.27. The summed E-state index contributed by atoms with van der Waals surface area (Å²) in [7, 11) is 0. The average Bonchev–Trinajstić information content (AvgIpc) is 2.34. The summed E-state index contributed by atoms with van der Waals surface area (Å²) < 4.78 is 0. The quantitative estimate of drug-likeness (QED) is 0.340. The molecule has 0 aromatic heterocycles. The highest BCUT2D eigenvalue weighted by molar-refractivity contribution is 5.73. The zero-order valence-electron chi connectivity index (χ0n) is 6.80. The van der Waals surface area contributed by atoms with Gasteiger partial charge in [0.25, 0.3) is 0 Å². The molecule has 0 bridgehead atoms. The van der Waals surface area contributed by atoms with Crippen molar-refractivity contribution in [1.29, 1.82) is 0 Å². The molecule has 1 aliphatic rings. The smallest absolute Gasteiger partial charge is 0.402 e. The van der Waals surface area contributed by atoms with Crippen LogP contribution in [0.3, 0.4) is 0 Å². The maximum Gasteiger partial charge on any atom is 0.402 e. The fraction of sp³-hybridized carbons (Fsp3) is 0.667. The number of nitrogens with one attached hydrogen (secondary N) is 1. The number of nitrogens with two attached hydrogens (primary N) is 1. The number of amides is 1. The van der Waals surface area contributed by atoms with Crippen LogP contribution < -0.4 is 11.1 Å². The van der Waals surface area contributed by atoms with Crippen molar-refractivity contribution in [3.05, 3.63) is 0 Å². The van der Waals surface area contributed by atoms with E-state index in [0.717, 1.165) is 0 Å². The highest BCUT2D eigenvalue weighted by Crippen LogP contribution is 2.05. The number of aliphatic hydroxyl groups is 1. The molecule has 2 atom stereocenters. The summed E-state index contributed by atoms with van der Waals surface area (Å²) in [6.45, 7) is 0.400. The zero-order valence-corrected chi connectivity index (χ0v) is 6.80. The van der Waals surface area contributed by atoms with Crippen molar-refractivity contribution >= 4 is 12.1 Å². The molecule has 1 fully saturated rings. The number of carboxylic acid groups (broad SMARTS) is 2. The van der Waals surface area contributed by atoms with E-state index in [4.69, 9.17) is 20.1 Å². The molecule has 1 heterocycles. The lowest BCUT2D eigenvalue weighted by Crippen LogP contribution is -2.29. The van der Waals surface area contributed by atoms with Gasteiger partial charge < -0.3 is 26.4 Å². The van der Waals surface area contributed by atoms with Gasteiger partial charge in [-0.2, -0.15) is 0 Å². The van der Waals surface area contributed by atoms with Gasteiger partial charge in [0.15, 0.2) is 0 Å².